The van der Waals surface area contributed by atoms with Gasteiger partial charge >= 0.3 is 0 Å². The van der Waals surface area contributed by atoms with E-state index in [4.69, 9.17) is 4.98 Å². The maximum Gasteiger partial charge on any atom is 0.131 e. The van der Waals surface area contributed by atoms with Gasteiger partial charge in [0, 0.05) is 22.4 Å². The molecule has 0 saturated heterocycles. The van der Waals surface area contributed by atoms with Crippen LogP contribution in [0.15, 0.2) is 97.1 Å². The van der Waals surface area contributed by atoms with Gasteiger partial charge in [0.05, 0.1) is 17.9 Å². The molecule has 232 valence electrons. The molecule has 45 heavy (non-hydrogen) atoms. The molecule has 0 amide bonds. The van der Waals surface area contributed by atoms with Gasteiger partial charge < -0.3 is 10.4 Å². The number of aromatic nitrogens is 1. The summed E-state index contributed by atoms with van der Waals surface area (Å²) < 4.78 is 0. The lowest BCUT2D eigenvalue weighted by atomic mass is 9.89. The Labute approximate surface area is 270 Å². The molecule has 0 aliphatic carbocycles. The summed E-state index contributed by atoms with van der Waals surface area (Å²) in [6, 6.07) is 33.9. The Kier molecular flexibility index (Phi) is 9.77. The van der Waals surface area contributed by atoms with Gasteiger partial charge in [-0.2, -0.15) is 0 Å². The van der Waals surface area contributed by atoms with Crippen LogP contribution in [0.3, 0.4) is 0 Å². The third kappa shape index (κ3) is 6.99. The van der Waals surface area contributed by atoms with E-state index in [0.29, 0.717) is 36.0 Å². The molecule has 1 heterocycles. The molecule has 0 aliphatic rings. The Bertz CT molecular complexity index is 1730. The molecule has 0 radical (unpaired) electrons. The average Bonchev–Trinajstić information content (AvgIpc) is 3.03. The molecule has 2 N–H and O–H groups in total. The lowest BCUT2D eigenvalue weighted by molar-refractivity contribution is 0.479. The molecule has 0 fully saturated rings. The van der Waals surface area contributed by atoms with Crippen molar-refractivity contribution >= 4 is 5.69 Å². The van der Waals surface area contributed by atoms with Crippen LogP contribution in [0.25, 0.3) is 33.5 Å². The Morgan fingerprint density at radius 1 is 0.556 bits per heavy atom. The number of hydrogen-bond acceptors (Lipinski definition) is 3. The maximum absolute atomic E-state index is 11.8. The zero-order valence-electron chi connectivity index (χ0n) is 28.1. The van der Waals surface area contributed by atoms with Crippen LogP contribution in [0.4, 0.5) is 5.69 Å². The highest BCUT2D eigenvalue weighted by Gasteiger charge is 2.18. The second-order valence-corrected chi connectivity index (χ2v) is 13.4. The quantitative estimate of drug-likeness (QED) is 0.169. The predicted octanol–water partition coefficient (Wildman–Crippen LogP) is 11.9. The van der Waals surface area contributed by atoms with E-state index in [0.717, 1.165) is 39.2 Å². The number of hydrogen-bond donors (Lipinski definition) is 2. The summed E-state index contributed by atoms with van der Waals surface area (Å²) in [5.41, 5.74) is 13.0. The lowest BCUT2D eigenvalue weighted by Gasteiger charge is -2.21. The van der Waals surface area contributed by atoms with Crippen molar-refractivity contribution in [3.8, 4) is 39.3 Å². The fraction of sp³-hybridized carbons (Fsp3) is 0.310. The summed E-state index contributed by atoms with van der Waals surface area (Å²) in [5, 5.41) is 15.5. The molecule has 0 aliphatic heterocycles. The van der Waals surface area contributed by atoms with E-state index in [1.165, 1.54) is 27.9 Å². The Balaban J connectivity index is 1.52. The molecule has 5 aromatic rings. The van der Waals surface area contributed by atoms with Crippen LogP contribution >= 0.6 is 0 Å². The molecule has 0 saturated carbocycles. The topological polar surface area (TPSA) is 45.2 Å². The van der Waals surface area contributed by atoms with Crippen molar-refractivity contribution in [1.82, 2.24) is 4.98 Å². The largest absolute Gasteiger partial charge is 0.507 e. The summed E-state index contributed by atoms with van der Waals surface area (Å²) in [5.74, 6) is 1.94. The third-order valence-corrected chi connectivity index (χ3v) is 8.78. The van der Waals surface area contributed by atoms with Crippen LogP contribution in [-0.2, 0) is 6.54 Å². The summed E-state index contributed by atoms with van der Waals surface area (Å²) >= 11 is 0. The highest BCUT2D eigenvalue weighted by atomic mass is 16.3. The van der Waals surface area contributed by atoms with Crippen LogP contribution < -0.4 is 5.32 Å². The van der Waals surface area contributed by atoms with E-state index in [9.17, 15) is 5.11 Å². The second-order valence-electron chi connectivity index (χ2n) is 13.4. The van der Waals surface area contributed by atoms with Crippen molar-refractivity contribution in [2.75, 3.05) is 5.32 Å². The van der Waals surface area contributed by atoms with E-state index in [1.54, 1.807) is 0 Å². The highest BCUT2D eigenvalue weighted by Crippen LogP contribution is 2.43. The molecule has 0 unspecified atom stereocenters. The highest BCUT2D eigenvalue weighted by molar-refractivity contribution is 5.89. The molecule has 3 nitrogen and oxygen atoms in total. The van der Waals surface area contributed by atoms with E-state index in [-0.39, 0.29) is 0 Å². The Hall–Kier alpha value is -4.37. The molecule has 0 bridgehead atoms. The van der Waals surface area contributed by atoms with Crippen molar-refractivity contribution < 1.29 is 5.11 Å². The first-order valence-electron chi connectivity index (χ1n) is 16.4. The smallest absolute Gasteiger partial charge is 0.131 e. The second kappa shape index (κ2) is 13.7. The number of para-hydroxylation sites is 2. The number of aromatic hydroxyl groups is 1. The first-order chi connectivity index (χ1) is 21.5. The fourth-order valence-corrected chi connectivity index (χ4v) is 6.10. The van der Waals surface area contributed by atoms with Crippen molar-refractivity contribution in [3.05, 3.63) is 125 Å². The van der Waals surface area contributed by atoms with Crippen LogP contribution in [0.5, 0.6) is 5.75 Å². The van der Waals surface area contributed by atoms with E-state index in [1.807, 2.05) is 30.3 Å². The van der Waals surface area contributed by atoms with Gasteiger partial charge in [0.15, 0.2) is 0 Å². The van der Waals surface area contributed by atoms with Crippen molar-refractivity contribution in [2.24, 2.45) is 0 Å². The minimum Gasteiger partial charge on any atom is -0.507 e. The molecular formula is C42H48N2O. The van der Waals surface area contributed by atoms with Gasteiger partial charge in [-0.05, 0) is 69.2 Å². The standard InChI is InChI=1S/C42H48N2O/c1-26(2)30-22-31(27(3)4)24-32(23-30)36-19-13-20-39(42(36)45)37-15-9-10-16-38(37)40-21-11-14-33(44-40)25-43-41-34(28(5)6)17-12-18-35(41)29(7)8/h9-24,26-29,43,45H,25H2,1-8H3. The van der Waals surface area contributed by atoms with Gasteiger partial charge in [0.2, 0.25) is 0 Å². The molecule has 0 atom stereocenters. The van der Waals surface area contributed by atoms with Crippen LogP contribution in [0.1, 0.15) is 107 Å². The molecule has 0 spiro atoms. The van der Waals surface area contributed by atoms with Gasteiger partial charge in [0.1, 0.15) is 5.75 Å². The number of nitrogens with one attached hydrogen (secondary N) is 1. The van der Waals surface area contributed by atoms with Gasteiger partial charge in [-0.3, -0.25) is 4.98 Å². The van der Waals surface area contributed by atoms with Gasteiger partial charge in [-0.1, -0.05) is 140 Å². The normalized spacial score (nSPS) is 11.6. The summed E-state index contributed by atoms with van der Waals surface area (Å²) in [4.78, 5) is 5.12. The minimum absolute atomic E-state index is 0.296. The first-order valence-corrected chi connectivity index (χ1v) is 16.4. The molecule has 1 aromatic heterocycles. The first kappa shape index (κ1) is 32.0. The van der Waals surface area contributed by atoms with E-state index < -0.39 is 0 Å². The Morgan fingerprint density at radius 2 is 1.09 bits per heavy atom. The maximum atomic E-state index is 11.8. The zero-order valence-corrected chi connectivity index (χ0v) is 28.1. The monoisotopic (exact) mass is 596 g/mol. The summed E-state index contributed by atoms with van der Waals surface area (Å²) in [7, 11) is 0. The van der Waals surface area contributed by atoms with Crippen molar-refractivity contribution in [3.63, 3.8) is 0 Å². The fourth-order valence-electron chi connectivity index (χ4n) is 6.10. The number of rotatable bonds is 10. The van der Waals surface area contributed by atoms with Crippen LogP contribution in [0.2, 0.25) is 0 Å². The number of phenols is 1. The number of anilines is 1. The lowest BCUT2D eigenvalue weighted by Crippen LogP contribution is -2.09. The van der Waals surface area contributed by atoms with Crippen LogP contribution in [0, 0.1) is 0 Å². The number of phenolic OH excluding ortho intramolecular Hbond substituents is 1. The van der Waals surface area contributed by atoms with E-state index >= 15 is 0 Å². The number of pyridine rings is 1. The molecule has 5 rings (SSSR count). The van der Waals surface area contributed by atoms with Gasteiger partial charge in [0.25, 0.3) is 0 Å². The average molecular weight is 597 g/mol. The zero-order chi connectivity index (χ0) is 32.2. The van der Waals surface area contributed by atoms with Crippen molar-refractivity contribution in [1.29, 1.82) is 0 Å². The third-order valence-electron chi connectivity index (χ3n) is 8.78. The van der Waals surface area contributed by atoms with Crippen LogP contribution in [-0.4, -0.2) is 10.1 Å². The predicted molar refractivity (Wildman–Crippen MR) is 192 cm³/mol. The summed E-state index contributed by atoms with van der Waals surface area (Å²) in [6.45, 7) is 18.5. The van der Waals surface area contributed by atoms with Gasteiger partial charge in [-0.15, -0.1) is 0 Å². The SMILES string of the molecule is CC(C)c1cc(-c2cccc(-c3ccccc3-c3cccc(CNc4c(C(C)C)cccc4C(C)C)n3)c2O)cc(C(C)C)c1. The molecule has 4 aromatic carbocycles. The van der Waals surface area contributed by atoms with Crippen molar-refractivity contribution in [2.45, 2.75) is 85.6 Å². The summed E-state index contributed by atoms with van der Waals surface area (Å²) in [6.07, 6.45) is 0. The number of benzene rings is 4. The minimum atomic E-state index is 0.296. The molecule has 3 heteroatoms. The van der Waals surface area contributed by atoms with Gasteiger partial charge in [-0.25, -0.2) is 0 Å². The van der Waals surface area contributed by atoms with E-state index in [2.05, 4.69) is 127 Å². The number of nitrogens with zero attached hydrogens (tertiary/aromatic N) is 1. The Morgan fingerprint density at radius 3 is 1.69 bits per heavy atom. The molecular weight excluding hydrogens is 548 g/mol.